The van der Waals surface area contributed by atoms with Crippen LogP contribution in [-0.2, 0) is 4.79 Å². The number of alkyl halides is 3. The summed E-state index contributed by atoms with van der Waals surface area (Å²) in [6.45, 7) is 0. The third-order valence-corrected chi connectivity index (χ3v) is 2.87. The number of hydrazine groups is 1. The first-order valence-corrected chi connectivity index (χ1v) is 5.22. The summed E-state index contributed by atoms with van der Waals surface area (Å²) in [4.78, 5) is 21.7. The van der Waals surface area contributed by atoms with Crippen molar-refractivity contribution >= 4 is 11.9 Å². The van der Waals surface area contributed by atoms with E-state index >= 15 is 0 Å². The maximum atomic E-state index is 12.3. The second kappa shape index (κ2) is 5.24. The summed E-state index contributed by atoms with van der Waals surface area (Å²) in [6, 6.07) is -0.915. The smallest absolute Gasteiger partial charge is 0.350 e. The standard InChI is InChI=1S/C9H14F3N3O2/c10-9(11,12)6-3-1-5(2-4-6)7(16)14-15-8(13)17/h5-6H,1-4H2,(H,14,16)(H3,13,15,17). The normalized spacial score (nSPS) is 25.1. The zero-order chi connectivity index (χ0) is 13.1. The van der Waals surface area contributed by atoms with E-state index < -0.39 is 30.0 Å². The molecule has 0 aromatic rings. The van der Waals surface area contributed by atoms with Crippen molar-refractivity contribution in [3.05, 3.63) is 0 Å². The summed E-state index contributed by atoms with van der Waals surface area (Å²) in [5.74, 6) is -2.32. The van der Waals surface area contributed by atoms with E-state index in [4.69, 9.17) is 5.73 Å². The highest BCUT2D eigenvalue weighted by Crippen LogP contribution is 2.39. The van der Waals surface area contributed by atoms with Gasteiger partial charge in [-0.3, -0.25) is 10.2 Å². The fraction of sp³-hybridized carbons (Fsp3) is 0.778. The largest absolute Gasteiger partial charge is 0.391 e. The quantitative estimate of drug-likeness (QED) is 0.610. The fourth-order valence-corrected chi connectivity index (χ4v) is 1.91. The third-order valence-electron chi connectivity index (χ3n) is 2.87. The van der Waals surface area contributed by atoms with Gasteiger partial charge in [0.15, 0.2) is 0 Å². The highest BCUT2D eigenvalue weighted by Gasteiger charge is 2.42. The van der Waals surface area contributed by atoms with Crippen molar-refractivity contribution in [1.82, 2.24) is 10.9 Å². The predicted molar refractivity (Wildman–Crippen MR) is 52.4 cm³/mol. The van der Waals surface area contributed by atoms with E-state index in [2.05, 4.69) is 5.43 Å². The van der Waals surface area contributed by atoms with Gasteiger partial charge in [-0.15, -0.1) is 0 Å². The predicted octanol–water partition coefficient (Wildman–Crippen LogP) is 1.05. The monoisotopic (exact) mass is 253 g/mol. The maximum Gasteiger partial charge on any atom is 0.391 e. The molecule has 1 fully saturated rings. The summed E-state index contributed by atoms with van der Waals surface area (Å²) in [5, 5.41) is 0. The van der Waals surface area contributed by atoms with Gasteiger partial charge in [0.05, 0.1) is 5.92 Å². The maximum absolute atomic E-state index is 12.3. The Hall–Kier alpha value is -1.47. The lowest BCUT2D eigenvalue weighted by Crippen LogP contribution is -2.47. The zero-order valence-corrected chi connectivity index (χ0v) is 9.01. The molecule has 5 nitrogen and oxygen atoms in total. The molecule has 17 heavy (non-hydrogen) atoms. The van der Waals surface area contributed by atoms with Gasteiger partial charge in [0.1, 0.15) is 0 Å². The molecule has 0 radical (unpaired) electrons. The molecular weight excluding hydrogens is 239 g/mol. The van der Waals surface area contributed by atoms with E-state index in [1.54, 1.807) is 0 Å². The molecule has 0 aromatic carbocycles. The van der Waals surface area contributed by atoms with Crippen LogP contribution in [0.25, 0.3) is 0 Å². The van der Waals surface area contributed by atoms with Gasteiger partial charge in [-0.25, -0.2) is 10.2 Å². The Morgan fingerprint density at radius 1 is 1.06 bits per heavy atom. The molecule has 1 saturated carbocycles. The van der Waals surface area contributed by atoms with Gasteiger partial charge in [-0.2, -0.15) is 13.2 Å². The number of hydrogen-bond donors (Lipinski definition) is 3. The number of primary amides is 1. The van der Waals surface area contributed by atoms with Crippen molar-refractivity contribution < 1.29 is 22.8 Å². The second-order valence-electron chi connectivity index (χ2n) is 4.07. The first-order chi connectivity index (χ1) is 7.80. The number of urea groups is 1. The molecule has 4 N–H and O–H groups in total. The summed E-state index contributed by atoms with van der Waals surface area (Å²) in [5.41, 5.74) is 8.70. The van der Waals surface area contributed by atoms with Crippen molar-refractivity contribution in [2.75, 3.05) is 0 Å². The first kappa shape index (κ1) is 13.6. The van der Waals surface area contributed by atoms with Gasteiger partial charge in [0, 0.05) is 5.92 Å². The zero-order valence-electron chi connectivity index (χ0n) is 9.01. The Kier molecular flexibility index (Phi) is 4.19. The average molecular weight is 253 g/mol. The molecule has 8 heteroatoms. The highest BCUT2D eigenvalue weighted by molar-refractivity contribution is 5.82. The van der Waals surface area contributed by atoms with Gasteiger partial charge in [0.2, 0.25) is 5.91 Å². The van der Waals surface area contributed by atoms with Crippen LogP contribution >= 0.6 is 0 Å². The van der Waals surface area contributed by atoms with Crippen LogP contribution in [0.15, 0.2) is 0 Å². The van der Waals surface area contributed by atoms with Crippen molar-refractivity contribution in [3.8, 4) is 0 Å². The van der Waals surface area contributed by atoms with Crippen LogP contribution in [0, 0.1) is 11.8 Å². The minimum Gasteiger partial charge on any atom is -0.350 e. The SMILES string of the molecule is NC(=O)NNC(=O)C1CCC(C(F)(F)F)CC1. The Labute approximate surface area is 95.9 Å². The molecule has 1 rings (SSSR count). The topological polar surface area (TPSA) is 84.2 Å². The average Bonchev–Trinajstić information content (AvgIpc) is 2.25. The second-order valence-corrected chi connectivity index (χ2v) is 4.07. The number of nitrogens with two attached hydrogens (primary N) is 1. The lowest BCUT2D eigenvalue weighted by atomic mass is 9.81. The molecule has 1 aliphatic carbocycles. The van der Waals surface area contributed by atoms with Crippen LogP contribution in [0.1, 0.15) is 25.7 Å². The van der Waals surface area contributed by atoms with E-state index in [1.165, 1.54) is 0 Å². The van der Waals surface area contributed by atoms with E-state index in [1.807, 2.05) is 5.43 Å². The van der Waals surface area contributed by atoms with E-state index in [9.17, 15) is 22.8 Å². The fourth-order valence-electron chi connectivity index (χ4n) is 1.91. The number of hydrogen-bond acceptors (Lipinski definition) is 2. The Morgan fingerprint density at radius 3 is 2.00 bits per heavy atom. The van der Waals surface area contributed by atoms with Gasteiger partial charge < -0.3 is 5.73 Å². The third kappa shape index (κ3) is 4.12. The molecule has 3 amide bonds. The van der Waals surface area contributed by atoms with E-state index in [-0.39, 0.29) is 25.7 Å². The first-order valence-electron chi connectivity index (χ1n) is 5.22. The number of carbonyl (C=O) groups is 2. The minimum atomic E-state index is -4.19. The molecule has 0 aromatic heterocycles. The van der Waals surface area contributed by atoms with Crippen molar-refractivity contribution in [3.63, 3.8) is 0 Å². The van der Waals surface area contributed by atoms with Crippen LogP contribution in [0.5, 0.6) is 0 Å². The summed E-state index contributed by atoms with van der Waals surface area (Å²) >= 11 is 0. The van der Waals surface area contributed by atoms with Crippen molar-refractivity contribution in [2.45, 2.75) is 31.9 Å². The molecule has 0 heterocycles. The number of halogens is 3. The highest BCUT2D eigenvalue weighted by atomic mass is 19.4. The minimum absolute atomic E-state index is 0.0574. The Balaban J connectivity index is 2.36. The van der Waals surface area contributed by atoms with Gasteiger partial charge in [-0.05, 0) is 25.7 Å². The molecule has 98 valence electrons. The molecule has 0 saturated heterocycles. The number of nitrogens with one attached hydrogen (secondary N) is 2. The van der Waals surface area contributed by atoms with E-state index in [0.717, 1.165) is 0 Å². The van der Waals surface area contributed by atoms with Crippen LogP contribution in [0.2, 0.25) is 0 Å². The van der Waals surface area contributed by atoms with Crippen LogP contribution in [0.3, 0.4) is 0 Å². The van der Waals surface area contributed by atoms with Crippen LogP contribution < -0.4 is 16.6 Å². The van der Waals surface area contributed by atoms with Crippen molar-refractivity contribution in [2.24, 2.45) is 17.6 Å². The summed E-state index contributed by atoms with van der Waals surface area (Å²) in [7, 11) is 0. The number of rotatable bonds is 1. The molecule has 0 aliphatic heterocycles. The molecular formula is C9H14F3N3O2. The molecule has 0 unspecified atom stereocenters. The van der Waals surface area contributed by atoms with Gasteiger partial charge >= 0.3 is 12.2 Å². The van der Waals surface area contributed by atoms with Crippen molar-refractivity contribution in [1.29, 1.82) is 0 Å². The Bertz CT molecular complexity index is 298. The van der Waals surface area contributed by atoms with Crippen LogP contribution in [0.4, 0.5) is 18.0 Å². The lowest BCUT2D eigenvalue weighted by Gasteiger charge is -2.28. The lowest BCUT2D eigenvalue weighted by molar-refractivity contribution is -0.184. The van der Waals surface area contributed by atoms with Gasteiger partial charge in [-0.1, -0.05) is 0 Å². The number of carbonyl (C=O) groups excluding carboxylic acids is 2. The molecule has 1 aliphatic rings. The molecule has 0 atom stereocenters. The summed E-state index contributed by atoms with van der Waals surface area (Å²) in [6.07, 6.45) is -3.98. The van der Waals surface area contributed by atoms with Gasteiger partial charge in [0.25, 0.3) is 0 Å². The Morgan fingerprint density at radius 2 is 1.59 bits per heavy atom. The van der Waals surface area contributed by atoms with Crippen LogP contribution in [-0.4, -0.2) is 18.1 Å². The molecule has 0 spiro atoms. The van der Waals surface area contributed by atoms with E-state index in [0.29, 0.717) is 0 Å². The number of amides is 3. The summed E-state index contributed by atoms with van der Waals surface area (Å²) < 4.78 is 37.0. The molecule has 0 bridgehead atoms.